The Morgan fingerprint density at radius 1 is 1.30 bits per heavy atom. The molecule has 0 fully saturated rings. The molecule has 3 rings (SSSR count). The first-order valence-electron chi connectivity index (χ1n) is 8.05. The Labute approximate surface area is 170 Å². The summed E-state index contributed by atoms with van der Waals surface area (Å²) < 4.78 is 11.7. The Bertz CT molecular complexity index is 1020. The number of benzene rings is 2. The van der Waals surface area contributed by atoms with Crippen molar-refractivity contribution in [2.24, 2.45) is 0 Å². The third-order valence-corrected chi connectivity index (χ3v) is 4.99. The first-order chi connectivity index (χ1) is 13.0. The molecule has 5 nitrogen and oxygen atoms in total. The number of ether oxygens (including phenoxy) is 2. The van der Waals surface area contributed by atoms with Crippen molar-refractivity contribution in [3.8, 4) is 11.5 Å². The van der Waals surface area contributed by atoms with Crippen LogP contribution in [0.2, 0.25) is 10.0 Å². The van der Waals surface area contributed by atoms with Crippen LogP contribution >= 0.6 is 34.5 Å². The fourth-order valence-electron chi connectivity index (χ4n) is 2.45. The molecule has 27 heavy (non-hydrogen) atoms. The number of thiazole rings is 1. The van der Waals surface area contributed by atoms with Gasteiger partial charge in [0.1, 0.15) is 11.5 Å². The molecule has 0 aliphatic rings. The molecule has 0 saturated carbocycles. The fourth-order valence-corrected chi connectivity index (χ4v) is 3.93. The number of halogens is 2. The maximum Gasteiger partial charge on any atom is 0.250 e. The van der Waals surface area contributed by atoms with E-state index in [1.807, 2.05) is 25.1 Å². The zero-order valence-corrected chi connectivity index (χ0v) is 16.9. The van der Waals surface area contributed by atoms with Crippen molar-refractivity contribution < 1.29 is 14.3 Å². The number of carbonyl (C=O) groups excluding carboxylic acids is 1. The van der Waals surface area contributed by atoms with Gasteiger partial charge in [-0.3, -0.25) is 10.1 Å². The highest BCUT2D eigenvalue weighted by Crippen LogP contribution is 2.33. The maximum absolute atomic E-state index is 12.2. The SMILES string of the molecule is CCOc1ccc2nc(NC(=O)C=Cc3cc(Cl)cc(Cl)c3OC)sc2c1. The summed E-state index contributed by atoms with van der Waals surface area (Å²) in [5.41, 5.74) is 1.40. The van der Waals surface area contributed by atoms with Gasteiger partial charge in [-0.1, -0.05) is 34.5 Å². The van der Waals surface area contributed by atoms with E-state index in [1.165, 1.54) is 24.5 Å². The van der Waals surface area contributed by atoms with Crippen LogP contribution in [0.3, 0.4) is 0 Å². The first-order valence-corrected chi connectivity index (χ1v) is 9.63. The van der Waals surface area contributed by atoms with Crippen LogP contribution in [0.15, 0.2) is 36.4 Å². The average molecular weight is 423 g/mol. The number of nitrogens with zero attached hydrogens (tertiary/aromatic N) is 1. The van der Waals surface area contributed by atoms with Crippen molar-refractivity contribution in [2.45, 2.75) is 6.92 Å². The highest BCUT2D eigenvalue weighted by molar-refractivity contribution is 7.22. The molecule has 0 atom stereocenters. The lowest BCUT2D eigenvalue weighted by Gasteiger charge is -2.07. The van der Waals surface area contributed by atoms with Gasteiger partial charge in [0.25, 0.3) is 0 Å². The Morgan fingerprint density at radius 3 is 2.85 bits per heavy atom. The Hall–Kier alpha value is -2.28. The quantitative estimate of drug-likeness (QED) is 0.520. The standard InChI is InChI=1S/C19H16Cl2N2O3S/c1-3-26-13-5-6-15-16(10-13)27-19(22-15)23-17(24)7-4-11-8-12(20)9-14(21)18(11)25-2/h4-10H,3H2,1-2H3,(H,22,23,24). The topological polar surface area (TPSA) is 60.5 Å². The summed E-state index contributed by atoms with van der Waals surface area (Å²) in [6, 6.07) is 8.87. The number of methoxy groups -OCH3 is 1. The van der Waals surface area contributed by atoms with Crippen LogP contribution in [0, 0.1) is 0 Å². The Morgan fingerprint density at radius 2 is 2.11 bits per heavy atom. The van der Waals surface area contributed by atoms with E-state index in [4.69, 9.17) is 32.7 Å². The van der Waals surface area contributed by atoms with Crippen molar-refractivity contribution in [3.63, 3.8) is 0 Å². The predicted molar refractivity (Wildman–Crippen MR) is 111 cm³/mol. The molecule has 0 aliphatic heterocycles. The van der Waals surface area contributed by atoms with Crippen molar-refractivity contribution >= 4 is 61.9 Å². The normalized spacial score (nSPS) is 11.1. The second-order valence-corrected chi connectivity index (χ2v) is 7.29. The van der Waals surface area contributed by atoms with E-state index in [1.54, 1.807) is 18.2 Å². The number of carbonyl (C=O) groups is 1. The zero-order chi connectivity index (χ0) is 19.4. The number of hydrogen-bond acceptors (Lipinski definition) is 5. The summed E-state index contributed by atoms with van der Waals surface area (Å²) >= 11 is 13.5. The number of fused-ring (bicyclic) bond motifs is 1. The van der Waals surface area contributed by atoms with Crippen LogP contribution in [-0.2, 0) is 4.79 Å². The molecule has 8 heteroatoms. The van der Waals surface area contributed by atoms with Gasteiger partial charge in [-0.05, 0) is 43.3 Å². The van der Waals surface area contributed by atoms with Gasteiger partial charge in [-0.25, -0.2) is 4.98 Å². The number of aromatic nitrogens is 1. The minimum Gasteiger partial charge on any atom is -0.495 e. The number of hydrogen-bond donors (Lipinski definition) is 1. The summed E-state index contributed by atoms with van der Waals surface area (Å²) in [7, 11) is 1.50. The second kappa shape index (κ2) is 8.61. The molecule has 3 aromatic rings. The van der Waals surface area contributed by atoms with Crippen molar-refractivity contribution in [2.75, 3.05) is 19.0 Å². The molecule has 0 radical (unpaired) electrons. The lowest BCUT2D eigenvalue weighted by atomic mass is 10.2. The lowest BCUT2D eigenvalue weighted by molar-refractivity contribution is -0.111. The van der Waals surface area contributed by atoms with E-state index in [0.717, 1.165) is 16.0 Å². The van der Waals surface area contributed by atoms with E-state index in [0.29, 0.717) is 33.1 Å². The minimum absolute atomic E-state index is 0.322. The van der Waals surface area contributed by atoms with E-state index >= 15 is 0 Å². The van der Waals surface area contributed by atoms with Crippen LogP contribution in [0.25, 0.3) is 16.3 Å². The molecule has 0 saturated heterocycles. The summed E-state index contributed by atoms with van der Waals surface area (Å²) in [4.78, 5) is 16.6. The van der Waals surface area contributed by atoms with E-state index in [2.05, 4.69) is 10.3 Å². The summed E-state index contributed by atoms with van der Waals surface area (Å²) in [5.74, 6) is 0.905. The van der Waals surface area contributed by atoms with Crippen LogP contribution in [0.5, 0.6) is 11.5 Å². The number of anilines is 1. The Kier molecular flexibility index (Phi) is 6.21. The number of nitrogens with one attached hydrogen (secondary N) is 1. The molecule has 140 valence electrons. The van der Waals surface area contributed by atoms with Crippen molar-refractivity contribution in [1.29, 1.82) is 0 Å². The van der Waals surface area contributed by atoms with Crippen LogP contribution in [0.4, 0.5) is 5.13 Å². The monoisotopic (exact) mass is 422 g/mol. The van der Waals surface area contributed by atoms with E-state index < -0.39 is 0 Å². The molecular formula is C19H16Cl2N2O3S. The highest BCUT2D eigenvalue weighted by Gasteiger charge is 2.10. The van der Waals surface area contributed by atoms with E-state index in [-0.39, 0.29) is 5.91 Å². The molecule has 1 N–H and O–H groups in total. The highest BCUT2D eigenvalue weighted by atomic mass is 35.5. The zero-order valence-electron chi connectivity index (χ0n) is 14.6. The molecule has 0 spiro atoms. The number of rotatable bonds is 6. The molecule has 0 unspecified atom stereocenters. The fraction of sp³-hybridized carbons (Fsp3) is 0.158. The summed E-state index contributed by atoms with van der Waals surface area (Å²) in [5, 5.41) is 4.09. The molecule has 1 amide bonds. The molecule has 2 aromatic carbocycles. The average Bonchev–Trinajstić information content (AvgIpc) is 3.01. The van der Waals surface area contributed by atoms with Crippen LogP contribution < -0.4 is 14.8 Å². The van der Waals surface area contributed by atoms with Crippen molar-refractivity contribution in [3.05, 3.63) is 52.0 Å². The molecule has 0 aliphatic carbocycles. The largest absolute Gasteiger partial charge is 0.495 e. The smallest absolute Gasteiger partial charge is 0.250 e. The molecule has 0 bridgehead atoms. The molecule has 1 heterocycles. The summed E-state index contributed by atoms with van der Waals surface area (Å²) in [6.07, 6.45) is 2.97. The summed E-state index contributed by atoms with van der Waals surface area (Å²) in [6.45, 7) is 2.52. The maximum atomic E-state index is 12.2. The van der Waals surface area contributed by atoms with Gasteiger partial charge >= 0.3 is 0 Å². The van der Waals surface area contributed by atoms with Gasteiger partial charge in [-0.2, -0.15) is 0 Å². The second-order valence-electron chi connectivity index (χ2n) is 5.41. The first kappa shape index (κ1) is 19.5. The van der Waals surface area contributed by atoms with Crippen molar-refractivity contribution in [1.82, 2.24) is 4.98 Å². The lowest BCUT2D eigenvalue weighted by Crippen LogP contribution is -2.07. The van der Waals surface area contributed by atoms with Gasteiger partial charge < -0.3 is 9.47 Å². The number of amides is 1. The predicted octanol–water partition coefficient (Wildman–Crippen LogP) is 5.66. The van der Waals surface area contributed by atoms with Crippen LogP contribution in [0.1, 0.15) is 12.5 Å². The van der Waals surface area contributed by atoms with Gasteiger partial charge in [0.05, 0.1) is 29.0 Å². The molecule has 1 aromatic heterocycles. The van der Waals surface area contributed by atoms with Gasteiger partial charge in [0, 0.05) is 16.7 Å². The van der Waals surface area contributed by atoms with Crippen LogP contribution in [-0.4, -0.2) is 24.6 Å². The Balaban J connectivity index is 1.76. The third-order valence-electron chi connectivity index (χ3n) is 3.56. The van der Waals surface area contributed by atoms with Gasteiger partial charge in [-0.15, -0.1) is 0 Å². The minimum atomic E-state index is -0.322. The third kappa shape index (κ3) is 4.71. The van der Waals surface area contributed by atoms with E-state index in [9.17, 15) is 4.79 Å². The van der Waals surface area contributed by atoms with Gasteiger partial charge in [0.15, 0.2) is 5.13 Å². The molecular weight excluding hydrogens is 407 g/mol. The van der Waals surface area contributed by atoms with Gasteiger partial charge in [0.2, 0.25) is 5.91 Å².